The lowest BCUT2D eigenvalue weighted by Crippen LogP contribution is -2.31. The van der Waals surface area contributed by atoms with Crippen LogP contribution >= 0.6 is 0 Å². The van der Waals surface area contributed by atoms with E-state index >= 15 is 0 Å². The molecular weight excluding hydrogens is 172 g/mol. The van der Waals surface area contributed by atoms with Gasteiger partial charge in [-0.1, -0.05) is 13.8 Å². The smallest absolute Gasteiger partial charge is 0.0107 e. The van der Waals surface area contributed by atoms with Gasteiger partial charge in [0, 0.05) is 25.7 Å². The number of hydrogen-bond donors (Lipinski definition) is 1. The summed E-state index contributed by atoms with van der Waals surface area (Å²) in [6.07, 6.45) is 2.75. The van der Waals surface area contributed by atoms with Gasteiger partial charge in [-0.15, -0.1) is 0 Å². The zero-order valence-electron chi connectivity index (χ0n) is 9.84. The minimum absolute atomic E-state index is 0.644. The van der Waals surface area contributed by atoms with E-state index in [1.165, 1.54) is 39.0 Å². The van der Waals surface area contributed by atoms with Crippen LogP contribution in [-0.4, -0.2) is 37.1 Å². The molecule has 1 N–H and O–H groups in total. The van der Waals surface area contributed by atoms with Gasteiger partial charge < -0.3 is 10.2 Å². The maximum absolute atomic E-state index is 3.55. The molecule has 0 aromatic carbocycles. The van der Waals surface area contributed by atoms with Crippen LogP contribution in [0.4, 0.5) is 0 Å². The molecule has 0 aromatic rings. The summed E-state index contributed by atoms with van der Waals surface area (Å²) in [6, 6.07) is 0.715. The van der Waals surface area contributed by atoms with Crippen LogP contribution in [0.1, 0.15) is 33.6 Å². The van der Waals surface area contributed by atoms with Crippen LogP contribution < -0.4 is 5.32 Å². The molecule has 1 aliphatic carbocycles. The highest BCUT2D eigenvalue weighted by Crippen LogP contribution is 2.51. The van der Waals surface area contributed by atoms with E-state index in [2.05, 4.69) is 31.0 Å². The maximum Gasteiger partial charge on any atom is 0.0107 e. The van der Waals surface area contributed by atoms with E-state index in [9.17, 15) is 0 Å². The van der Waals surface area contributed by atoms with Crippen molar-refractivity contribution >= 4 is 0 Å². The number of rotatable bonds is 2. The molecule has 1 heterocycles. The predicted molar refractivity (Wildman–Crippen MR) is 60.4 cm³/mol. The average Bonchev–Trinajstić information content (AvgIpc) is 2.74. The lowest BCUT2D eigenvalue weighted by Gasteiger charge is -2.20. The minimum Gasteiger partial charge on any atom is -0.313 e. The SMILES string of the molecule is CC1CCN(CC2CC2(C)C)CCN1. The summed E-state index contributed by atoms with van der Waals surface area (Å²) >= 11 is 0. The molecule has 2 heteroatoms. The van der Waals surface area contributed by atoms with E-state index < -0.39 is 0 Å². The molecule has 0 aromatic heterocycles. The normalized spacial score (nSPS) is 37.9. The molecule has 0 amide bonds. The van der Waals surface area contributed by atoms with Gasteiger partial charge in [0.05, 0.1) is 0 Å². The first kappa shape index (κ1) is 10.4. The van der Waals surface area contributed by atoms with E-state index in [4.69, 9.17) is 0 Å². The summed E-state index contributed by atoms with van der Waals surface area (Å²) in [5, 5.41) is 3.55. The third kappa shape index (κ3) is 2.48. The van der Waals surface area contributed by atoms with E-state index in [1.807, 2.05) is 0 Å². The standard InChI is InChI=1S/C12H24N2/c1-10-4-6-14(7-5-13-10)9-11-8-12(11,2)3/h10-11,13H,4-9H2,1-3H3. The molecule has 1 saturated carbocycles. The van der Waals surface area contributed by atoms with Gasteiger partial charge in [0.15, 0.2) is 0 Å². The summed E-state index contributed by atoms with van der Waals surface area (Å²) in [4.78, 5) is 2.65. The largest absolute Gasteiger partial charge is 0.313 e. The third-order valence-corrected chi connectivity index (χ3v) is 4.00. The average molecular weight is 196 g/mol. The summed E-state index contributed by atoms with van der Waals surface area (Å²) in [7, 11) is 0. The van der Waals surface area contributed by atoms with E-state index in [0.29, 0.717) is 11.5 Å². The van der Waals surface area contributed by atoms with E-state index in [1.54, 1.807) is 0 Å². The molecule has 1 saturated heterocycles. The summed E-state index contributed by atoms with van der Waals surface area (Å²) < 4.78 is 0. The number of nitrogens with zero attached hydrogens (tertiary/aromatic N) is 1. The Kier molecular flexibility index (Phi) is 2.85. The zero-order valence-corrected chi connectivity index (χ0v) is 9.84. The molecule has 0 bridgehead atoms. The molecule has 0 radical (unpaired) electrons. The Morgan fingerprint density at radius 3 is 2.71 bits per heavy atom. The monoisotopic (exact) mass is 196 g/mol. The molecule has 2 unspecified atom stereocenters. The van der Waals surface area contributed by atoms with Crippen molar-refractivity contribution in [2.75, 3.05) is 26.2 Å². The van der Waals surface area contributed by atoms with Crippen LogP contribution in [0.3, 0.4) is 0 Å². The molecule has 2 rings (SSSR count). The fourth-order valence-corrected chi connectivity index (χ4v) is 2.44. The Bertz CT molecular complexity index is 200. The first-order chi connectivity index (χ1) is 6.58. The van der Waals surface area contributed by atoms with Crippen LogP contribution in [0.25, 0.3) is 0 Å². The Morgan fingerprint density at radius 1 is 1.36 bits per heavy atom. The summed E-state index contributed by atoms with van der Waals surface area (Å²) in [5.41, 5.74) is 0.644. The first-order valence-corrected chi connectivity index (χ1v) is 6.04. The van der Waals surface area contributed by atoms with Gasteiger partial charge in [0.25, 0.3) is 0 Å². The van der Waals surface area contributed by atoms with Gasteiger partial charge in [-0.05, 0) is 37.6 Å². The molecule has 1 aliphatic heterocycles. The van der Waals surface area contributed by atoms with E-state index in [-0.39, 0.29) is 0 Å². The summed E-state index contributed by atoms with van der Waals surface area (Å²) in [5.74, 6) is 0.968. The molecular formula is C12H24N2. The van der Waals surface area contributed by atoms with Gasteiger partial charge in [-0.3, -0.25) is 0 Å². The first-order valence-electron chi connectivity index (χ1n) is 6.04. The second-order valence-electron chi connectivity index (χ2n) is 5.83. The highest BCUT2D eigenvalue weighted by Gasteiger charge is 2.45. The molecule has 2 atom stereocenters. The van der Waals surface area contributed by atoms with Crippen molar-refractivity contribution in [2.24, 2.45) is 11.3 Å². The zero-order chi connectivity index (χ0) is 10.2. The van der Waals surface area contributed by atoms with Gasteiger partial charge in [0.1, 0.15) is 0 Å². The van der Waals surface area contributed by atoms with Crippen LogP contribution in [0.5, 0.6) is 0 Å². The van der Waals surface area contributed by atoms with E-state index in [0.717, 1.165) is 5.92 Å². The Balaban J connectivity index is 1.76. The van der Waals surface area contributed by atoms with Crippen molar-refractivity contribution in [2.45, 2.75) is 39.7 Å². The van der Waals surface area contributed by atoms with Gasteiger partial charge in [-0.25, -0.2) is 0 Å². The molecule has 14 heavy (non-hydrogen) atoms. The quantitative estimate of drug-likeness (QED) is 0.723. The second-order valence-corrected chi connectivity index (χ2v) is 5.83. The fraction of sp³-hybridized carbons (Fsp3) is 1.00. The topological polar surface area (TPSA) is 15.3 Å². The minimum atomic E-state index is 0.644. The predicted octanol–water partition coefficient (Wildman–Crippen LogP) is 1.72. The van der Waals surface area contributed by atoms with Crippen molar-refractivity contribution in [1.82, 2.24) is 10.2 Å². The maximum atomic E-state index is 3.55. The Hall–Kier alpha value is -0.0800. The van der Waals surface area contributed by atoms with Gasteiger partial charge >= 0.3 is 0 Å². The third-order valence-electron chi connectivity index (χ3n) is 4.00. The fourth-order valence-electron chi connectivity index (χ4n) is 2.44. The van der Waals surface area contributed by atoms with Crippen molar-refractivity contribution in [3.63, 3.8) is 0 Å². The Morgan fingerprint density at radius 2 is 2.07 bits per heavy atom. The van der Waals surface area contributed by atoms with Crippen LogP contribution in [0, 0.1) is 11.3 Å². The van der Waals surface area contributed by atoms with Crippen molar-refractivity contribution < 1.29 is 0 Å². The highest BCUT2D eigenvalue weighted by molar-refractivity contribution is 4.96. The van der Waals surface area contributed by atoms with Crippen molar-refractivity contribution in [1.29, 1.82) is 0 Å². The molecule has 0 spiro atoms. The lowest BCUT2D eigenvalue weighted by atomic mass is 10.1. The number of nitrogens with one attached hydrogen (secondary N) is 1. The summed E-state index contributed by atoms with van der Waals surface area (Å²) in [6.45, 7) is 12.1. The molecule has 2 nitrogen and oxygen atoms in total. The van der Waals surface area contributed by atoms with Crippen LogP contribution in [0.15, 0.2) is 0 Å². The molecule has 2 aliphatic rings. The van der Waals surface area contributed by atoms with Crippen LogP contribution in [-0.2, 0) is 0 Å². The molecule has 82 valence electrons. The number of hydrogen-bond acceptors (Lipinski definition) is 2. The molecule has 2 fully saturated rings. The van der Waals surface area contributed by atoms with Gasteiger partial charge in [-0.2, -0.15) is 0 Å². The van der Waals surface area contributed by atoms with Crippen molar-refractivity contribution in [3.05, 3.63) is 0 Å². The lowest BCUT2D eigenvalue weighted by molar-refractivity contribution is 0.265. The Labute approximate surface area is 88.1 Å². The second kappa shape index (κ2) is 3.82. The van der Waals surface area contributed by atoms with Gasteiger partial charge in [0.2, 0.25) is 0 Å². The van der Waals surface area contributed by atoms with Crippen LogP contribution in [0.2, 0.25) is 0 Å². The van der Waals surface area contributed by atoms with Crippen molar-refractivity contribution in [3.8, 4) is 0 Å². The highest BCUT2D eigenvalue weighted by atomic mass is 15.2.